The van der Waals surface area contributed by atoms with Crippen LogP contribution in [0.3, 0.4) is 0 Å². The topological polar surface area (TPSA) is 96.0 Å². The first-order valence-electron chi connectivity index (χ1n) is 9.98. The van der Waals surface area contributed by atoms with Gasteiger partial charge in [-0.2, -0.15) is 0 Å². The minimum absolute atomic E-state index is 0.186. The number of carbonyl (C=O) groups is 2. The van der Waals surface area contributed by atoms with E-state index in [1.807, 2.05) is 0 Å². The minimum atomic E-state index is -0.405. The fourth-order valence-electron chi connectivity index (χ4n) is 3.62. The monoisotopic (exact) mass is 411 g/mol. The molecular formula is C18H29N5O2S2. The average molecular weight is 412 g/mol. The highest BCUT2D eigenvalue weighted by Crippen LogP contribution is 2.30. The molecule has 3 amide bonds. The third-order valence-electron chi connectivity index (χ3n) is 5.16. The minimum Gasteiger partial charge on any atom is -0.357 e. The standard InChI is InChI=1S/C18H29N5O2S2/c1-12(15(24)21-16(25)19-13-8-4-2-5-9-13)26-18-23-22-17(27-18)20-14-10-6-3-7-11-14/h12-14H,2-11H2,1H3,(H,20,22)(H2,19,21,24,25). The van der Waals surface area contributed by atoms with Gasteiger partial charge in [0.25, 0.3) is 0 Å². The van der Waals surface area contributed by atoms with Gasteiger partial charge in [-0.1, -0.05) is 61.6 Å². The molecule has 150 valence electrons. The fraction of sp³-hybridized carbons (Fsp3) is 0.778. The Morgan fingerprint density at radius 2 is 1.63 bits per heavy atom. The van der Waals surface area contributed by atoms with Crippen molar-refractivity contribution in [1.29, 1.82) is 0 Å². The summed E-state index contributed by atoms with van der Waals surface area (Å²) in [6.07, 6.45) is 11.7. The van der Waals surface area contributed by atoms with E-state index in [0.717, 1.165) is 35.2 Å². The van der Waals surface area contributed by atoms with Crippen LogP contribution < -0.4 is 16.0 Å². The van der Waals surface area contributed by atoms with Gasteiger partial charge in [0.2, 0.25) is 11.0 Å². The number of imide groups is 1. The normalized spacial score (nSPS) is 20.0. The van der Waals surface area contributed by atoms with Crippen molar-refractivity contribution in [3.8, 4) is 0 Å². The van der Waals surface area contributed by atoms with Crippen LogP contribution in [0.2, 0.25) is 0 Å². The van der Waals surface area contributed by atoms with Crippen LogP contribution in [-0.2, 0) is 4.79 Å². The van der Waals surface area contributed by atoms with Crippen molar-refractivity contribution in [2.75, 3.05) is 5.32 Å². The van der Waals surface area contributed by atoms with Gasteiger partial charge < -0.3 is 10.6 Å². The zero-order chi connectivity index (χ0) is 19.1. The van der Waals surface area contributed by atoms with E-state index in [1.165, 1.54) is 61.6 Å². The number of rotatable bonds is 6. The predicted molar refractivity (Wildman–Crippen MR) is 109 cm³/mol. The number of hydrogen-bond donors (Lipinski definition) is 3. The van der Waals surface area contributed by atoms with E-state index in [4.69, 9.17) is 0 Å². The number of urea groups is 1. The second-order valence-corrected chi connectivity index (χ2v) is 9.98. The van der Waals surface area contributed by atoms with Crippen molar-refractivity contribution in [2.45, 2.75) is 92.8 Å². The number of thioether (sulfide) groups is 1. The summed E-state index contributed by atoms with van der Waals surface area (Å²) in [5, 5.41) is 17.6. The van der Waals surface area contributed by atoms with Crippen LogP contribution in [0.4, 0.5) is 9.93 Å². The molecule has 2 aliphatic rings. The first-order valence-corrected chi connectivity index (χ1v) is 11.7. The third kappa shape index (κ3) is 6.64. The summed E-state index contributed by atoms with van der Waals surface area (Å²) in [6.45, 7) is 1.78. The zero-order valence-electron chi connectivity index (χ0n) is 15.8. The van der Waals surface area contributed by atoms with Crippen molar-refractivity contribution in [1.82, 2.24) is 20.8 Å². The number of hydrogen-bond acceptors (Lipinski definition) is 7. The molecule has 2 saturated carbocycles. The molecule has 1 aromatic heterocycles. The lowest BCUT2D eigenvalue weighted by Gasteiger charge is -2.22. The predicted octanol–water partition coefficient (Wildman–Crippen LogP) is 3.92. The number of carbonyl (C=O) groups excluding carboxylic acids is 2. The molecule has 2 aliphatic carbocycles. The summed E-state index contributed by atoms with van der Waals surface area (Å²) in [7, 11) is 0. The van der Waals surface area contributed by atoms with Crippen molar-refractivity contribution in [2.24, 2.45) is 0 Å². The smallest absolute Gasteiger partial charge is 0.321 e. The summed E-state index contributed by atoms with van der Waals surface area (Å²) in [5.74, 6) is -0.301. The Bertz CT molecular complexity index is 627. The van der Waals surface area contributed by atoms with E-state index in [2.05, 4.69) is 26.1 Å². The van der Waals surface area contributed by atoms with Crippen LogP contribution in [0.15, 0.2) is 4.34 Å². The van der Waals surface area contributed by atoms with Crippen molar-refractivity contribution >= 4 is 40.2 Å². The Morgan fingerprint density at radius 3 is 2.30 bits per heavy atom. The first-order chi connectivity index (χ1) is 13.1. The molecule has 1 atom stereocenters. The molecule has 0 saturated heterocycles. The summed E-state index contributed by atoms with van der Waals surface area (Å²) >= 11 is 2.80. The SMILES string of the molecule is CC(Sc1nnc(NC2CCCCC2)s1)C(=O)NC(=O)NC1CCCCC1. The molecule has 1 unspecified atom stereocenters. The molecule has 0 radical (unpaired) electrons. The van der Waals surface area contributed by atoms with E-state index in [0.29, 0.717) is 6.04 Å². The van der Waals surface area contributed by atoms with E-state index >= 15 is 0 Å². The Labute approximate surface area is 168 Å². The number of anilines is 1. The maximum Gasteiger partial charge on any atom is 0.321 e. The molecule has 27 heavy (non-hydrogen) atoms. The second kappa shape index (κ2) is 10.3. The van der Waals surface area contributed by atoms with Gasteiger partial charge in [-0.25, -0.2) is 4.79 Å². The molecule has 7 nitrogen and oxygen atoms in total. The van der Waals surface area contributed by atoms with Crippen molar-refractivity contribution < 1.29 is 9.59 Å². The molecule has 0 aliphatic heterocycles. The lowest BCUT2D eigenvalue weighted by atomic mass is 9.96. The van der Waals surface area contributed by atoms with E-state index in [9.17, 15) is 9.59 Å². The second-order valence-electron chi connectivity index (χ2n) is 7.41. The summed E-state index contributed by atoms with van der Waals surface area (Å²) < 4.78 is 0.739. The molecule has 0 aromatic carbocycles. The summed E-state index contributed by atoms with van der Waals surface area (Å²) in [5.41, 5.74) is 0. The van der Waals surface area contributed by atoms with Gasteiger partial charge in [-0.15, -0.1) is 10.2 Å². The van der Waals surface area contributed by atoms with Gasteiger partial charge in [0.1, 0.15) is 0 Å². The largest absolute Gasteiger partial charge is 0.357 e. The Balaban J connectivity index is 1.41. The fourth-order valence-corrected chi connectivity index (χ4v) is 5.60. The van der Waals surface area contributed by atoms with Crippen LogP contribution in [0, 0.1) is 0 Å². The van der Waals surface area contributed by atoms with Crippen molar-refractivity contribution in [3.63, 3.8) is 0 Å². The van der Waals surface area contributed by atoms with Gasteiger partial charge >= 0.3 is 6.03 Å². The first kappa shape index (κ1) is 20.4. The highest BCUT2D eigenvalue weighted by atomic mass is 32.2. The molecule has 0 spiro atoms. The van der Waals surface area contributed by atoms with Gasteiger partial charge in [-0.05, 0) is 32.6 Å². The van der Waals surface area contributed by atoms with E-state index < -0.39 is 11.3 Å². The van der Waals surface area contributed by atoms with Crippen LogP contribution in [-0.4, -0.2) is 39.5 Å². The highest BCUT2D eigenvalue weighted by Gasteiger charge is 2.22. The molecule has 3 N–H and O–H groups in total. The van der Waals surface area contributed by atoms with Crippen LogP contribution >= 0.6 is 23.1 Å². The van der Waals surface area contributed by atoms with Crippen LogP contribution in [0.25, 0.3) is 0 Å². The maximum absolute atomic E-state index is 12.3. The quantitative estimate of drug-likeness (QED) is 0.614. The van der Waals surface area contributed by atoms with E-state index in [-0.39, 0.29) is 11.9 Å². The number of aromatic nitrogens is 2. The lowest BCUT2D eigenvalue weighted by molar-refractivity contribution is -0.119. The summed E-state index contributed by atoms with van der Waals surface area (Å²) in [4.78, 5) is 24.3. The number of nitrogens with one attached hydrogen (secondary N) is 3. The van der Waals surface area contributed by atoms with Crippen LogP contribution in [0.1, 0.15) is 71.1 Å². The summed E-state index contributed by atoms with van der Waals surface area (Å²) in [6, 6.07) is 0.274. The van der Waals surface area contributed by atoms with Gasteiger partial charge in [-0.3, -0.25) is 10.1 Å². The van der Waals surface area contributed by atoms with Gasteiger partial charge in [0.05, 0.1) is 5.25 Å². The van der Waals surface area contributed by atoms with Crippen molar-refractivity contribution in [3.05, 3.63) is 0 Å². The maximum atomic E-state index is 12.3. The van der Waals surface area contributed by atoms with Gasteiger partial charge in [0.15, 0.2) is 4.34 Å². The number of amides is 3. The molecular weight excluding hydrogens is 382 g/mol. The average Bonchev–Trinajstić information content (AvgIpc) is 3.10. The molecule has 3 rings (SSSR count). The van der Waals surface area contributed by atoms with Gasteiger partial charge in [0, 0.05) is 12.1 Å². The zero-order valence-corrected chi connectivity index (χ0v) is 17.5. The van der Waals surface area contributed by atoms with E-state index in [1.54, 1.807) is 6.92 Å². The lowest BCUT2D eigenvalue weighted by Crippen LogP contribution is -2.47. The Hall–Kier alpha value is -1.35. The number of nitrogens with zero attached hydrogens (tertiary/aromatic N) is 2. The molecule has 0 bridgehead atoms. The molecule has 9 heteroatoms. The van der Waals surface area contributed by atoms with Crippen LogP contribution in [0.5, 0.6) is 0 Å². The molecule has 1 heterocycles. The Kier molecular flexibility index (Phi) is 7.75. The third-order valence-corrected chi connectivity index (χ3v) is 7.20. The molecule has 1 aromatic rings. The highest BCUT2D eigenvalue weighted by molar-refractivity contribution is 8.02. The Morgan fingerprint density at radius 1 is 1.00 bits per heavy atom. The molecule has 2 fully saturated rings.